The Labute approximate surface area is 180 Å². The third kappa shape index (κ3) is 5.25. The van der Waals surface area contributed by atoms with Crippen molar-refractivity contribution in [3.05, 3.63) is 46.6 Å². The van der Waals surface area contributed by atoms with Crippen LogP contribution in [0.1, 0.15) is 40.5 Å². The van der Waals surface area contributed by atoms with Crippen molar-refractivity contribution in [1.29, 1.82) is 0 Å². The lowest BCUT2D eigenvalue weighted by molar-refractivity contribution is -0.117. The number of carbonyl (C=O) groups is 3. The largest absolute Gasteiger partial charge is 0.462 e. The van der Waals surface area contributed by atoms with Crippen LogP contribution in [-0.2, 0) is 16.6 Å². The number of esters is 1. The van der Waals surface area contributed by atoms with Crippen LogP contribution in [-0.4, -0.2) is 58.6 Å². The van der Waals surface area contributed by atoms with Gasteiger partial charge < -0.3 is 10.1 Å². The summed E-state index contributed by atoms with van der Waals surface area (Å²) in [5.41, 5.74) is 0.887. The van der Waals surface area contributed by atoms with Crippen molar-refractivity contribution in [2.75, 3.05) is 31.6 Å². The summed E-state index contributed by atoms with van der Waals surface area (Å²) in [6, 6.07) is 6.94. The van der Waals surface area contributed by atoms with Gasteiger partial charge in [-0.25, -0.2) is 4.79 Å². The lowest BCUT2D eigenvalue weighted by Crippen LogP contribution is -2.41. The number of nitrogens with zero attached hydrogens (tertiary/aromatic N) is 3. The zero-order valence-corrected chi connectivity index (χ0v) is 17.8. The second-order valence-corrected chi connectivity index (χ2v) is 7.66. The van der Waals surface area contributed by atoms with E-state index in [1.54, 1.807) is 38.2 Å². The van der Waals surface area contributed by atoms with Gasteiger partial charge in [0.1, 0.15) is 11.4 Å². The first-order valence-corrected chi connectivity index (χ1v) is 10.3. The predicted molar refractivity (Wildman–Crippen MR) is 113 cm³/mol. The lowest BCUT2D eigenvalue weighted by atomic mass is 9.89. The molecule has 0 bridgehead atoms. The zero-order chi connectivity index (χ0) is 21.7. The summed E-state index contributed by atoms with van der Waals surface area (Å²) in [4.78, 5) is 39.2. The van der Waals surface area contributed by atoms with E-state index in [-0.39, 0.29) is 36.3 Å². The molecule has 0 radical (unpaired) electrons. The van der Waals surface area contributed by atoms with Crippen molar-refractivity contribution in [3.63, 3.8) is 0 Å². The maximum atomic E-state index is 12.6. The summed E-state index contributed by atoms with van der Waals surface area (Å²) in [7, 11) is 1.65. The zero-order valence-electron chi connectivity index (χ0n) is 17.1. The Kier molecular flexibility index (Phi) is 7.23. The van der Waals surface area contributed by atoms with E-state index in [2.05, 4.69) is 10.4 Å². The molecule has 2 heterocycles. The molecule has 0 spiro atoms. The summed E-state index contributed by atoms with van der Waals surface area (Å²) in [5, 5.41) is 7.38. The van der Waals surface area contributed by atoms with Gasteiger partial charge >= 0.3 is 5.97 Å². The standard InChI is InChI=1S/C21H25ClN4O4/c1-3-30-21(29)17-12-23-25(2)20(17)24-18(27)13-26-10-8-15(9-11-26)19(28)14-4-6-16(22)7-5-14/h4-7,12,15H,3,8-11,13H2,1-2H3,(H,24,27). The highest BCUT2D eigenvalue weighted by Crippen LogP contribution is 2.23. The van der Waals surface area contributed by atoms with E-state index in [1.807, 2.05) is 4.90 Å². The van der Waals surface area contributed by atoms with Gasteiger partial charge in [0.25, 0.3) is 0 Å². The fraction of sp³-hybridized carbons (Fsp3) is 0.429. The lowest BCUT2D eigenvalue weighted by Gasteiger charge is -2.30. The minimum atomic E-state index is -0.526. The molecule has 1 aromatic heterocycles. The molecule has 0 atom stereocenters. The van der Waals surface area contributed by atoms with E-state index in [4.69, 9.17) is 16.3 Å². The van der Waals surface area contributed by atoms with Gasteiger partial charge in [-0.15, -0.1) is 0 Å². The molecule has 1 fully saturated rings. The van der Waals surface area contributed by atoms with Gasteiger partial charge in [-0.1, -0.05) is 11.6 Å². The van der Waals surface area contributed by atoms with Gasteiger partial charge in [0, 0.05) is 23.6 Å². The highest BCUT2D eigenvalue weighted by molar-refractivity contribution is 6.30. The maximum Gasteiger partial charge on any atom is 0.343 e. The molecule has 0 aliphatic carbocycles. The van der Waals surface area contributed by atoms with Crippen molar-refractivity contribution < 1.29 is 19.1 Å². The maximum absolute atomic E-state index is 12.6. The first-order valence-electron chi connectivity index (χ1n) is 9.90. The number of hydrogen-bond donors (Lipinski definition) is 1. The number of aromatic nitrogens is 2. The molecule has 160 valence electrons. The van der Waals surface area contributed by atoms with Crippen LogP contribution in [0.4, 0.5) is 5.82 Å². The highest BCUT2D eigenvalue weighted by Gasteiger charge is 2.27. The molecule has 1 N–H and O–H groups in total. The van der Waals surface area contributed by atoms with Crippen LogP contribution < -0.4 is 5.32 Å². The minimum Gasteiger partial charge on any atom is -0.462 e. The quantitative estimate of drug-likeness (QED) is 0.534. The number of Topliss-reactive ketones (excluding diaryl/α,β-unsaturated/α-hetero) is 1. The number of hydrogen-bond acceptors (Lipinski definition) is 6. The number of likely N-dealkylation sites (tertiary alicyclic amines) is 1. The number of amides is 1. The Hall–Kier alpha value is -2.71. The molecule has 9 heteroatoms. The van der Waals surface area contributed by atoms with Crippen LogP contribution in [0.2, 0.25) is 5.02 Å². The number of piperidine rings is 1. The molecule has 30 heavy (non-hydrogen) atoms. The normalized spacial score (nSPS) is 15.0. The molecule has 1 aromatic carbocycles. The average molecular weight is 433 g/mol. The Morgan fingerprint density at radius 2 is 1.87 bits per heavy atom. The summed E-state index contributed by atoms with van der Waals surface area (Å²) in [6.45, 7) is 3.43. The fourth-order valence-corrected chi connectivity index (χ4v) is 3.65. The van der Waals surface area contributed by atoms with Crippen LogP contribution in [0.5, 0.6) is 0 Å². The Balaban J connectivity index is 1.52. The Morgan fingerprint density at radius 3 is 2.50 bits per heavy atom. The number of halogens is 1. The van der Waals surface area contributed by atoms with Gasteiger partial charge in [0.05, 0.1) is 19.3 Å². The van der Waals surface area contributed by atoms with Crippen LogP contribution in [0, 0.1) is 5.92 Å². The predicted octanol–water partition coefficient (Wildman–Crippen LogP) is 2.78. The van der Waals surface area contributed by atoms with Gasteiger partial charge in [-0.3, -0.25) is 19.2 Å². The van der Waals surface area contributed by atoms with Gasteiger partial charge in [0.15, 0.2) is 5.78 Å². The van der Waals surface area contributed by atoms with Gasteiger partial charge in [-0.05, 0) is 57.1 Å². The molecule has 1 aliphatic rings. The second kappa shape index (κ2) is 9.86. The number of ether oxygens (including phenoxy) is 1. The number of ketones is 1. The van der Waals surface area contributed by atoms with Crippen molar-refractivity contribution in [2.24, 2.45) is 13.0 Å². The van der Waals surface area contributed by atoms with E-state index in [0.717, 1.165) is 0 Å². The number of carbonyl (C=O) groups excluding carboxylic acids is 3. The van der Waals surface area contributed by atoms with Crippen LogP contribution in [0.15, 0.2) is 30.5 Å². The SMILES string of the molecule is CCOC(=O)c1cnn(C)c1NC(=O)CN1CCC(C(=O)c2ccc(Cl)cc2)CC1. The van der Waals surface area contributed by atoms with E-state index in [1.165, 1.54) is 10.9 Å². The van der Waals surface area contributed by atoms with E-state index >= 15 is 0 Å². The molecule has 8 nitrogen and oxygen atoms in total. The molecule has 1 aliphatic heterocycles. The van der Waals surface area contributed by atoms with Crippen molar-refractivity contribution >= 4 is 35.1 Å². The second-order valence-electron chi connectivity index (χ2n) is 7.22. The number of rotatable bonds is 7. The van der Waals surface area contributed by atoms with E-state index < -0.39 is 5.97 Å². The molecule has 1 amide bonds. The number of anilines is 1. The molecular weight excluding hydrogens is 408 g/mol. The van der Waals surface area contributed by atoms with E-state index in [9.17, 15) is 14.4 Å². The van der Waals surface area contributed by atoms with Crippen molar-refractivity contribution in [1.82, 2.24) is 14.7 Å². The third-order valence-electron chi connectivity index (χ3n) is 5.15. The summed E-state index contributed by atoms with van der Waals surface area (Å²) in [6.07, 6.45) is 2.75. The Morgan fingerprint density at radius 1 is 1.20 bits per heavy atom. The highest BCUT2D eigenvalue weighted by atomic mass is 35.5. The third-order valence-corrected chi connectivity index (χ3v) is 5.40. The Bertz CT molecular complexity index is 918. The summed E-state index contributed by atoms with van der Waals surface area (Å²) < 4.78 is 6.43. The number of nitrogens with one attached hydrogen (secondary N) is 1. The van der Waals surface area contributed by atoms with Gasteiger partial charge in [-0.2, -0.15) is 5.10 Å². The van der Waals surface area contributed by atoms with E-state index in [0.29, 0.717) is 42.3 Å². The molecule has 1 saturated heterocycles. The minimum absolute atomic E-state index is 0.0574. The van der Waals surface area contributed by atoms with Gasteiger partial charge in [0.2, 0.25) is 5.91 Å². The average Bonchev–Trinajstić information content (AvgIpc) is 3.09. The topological polar surface area (TPSA) is 93.5 Å². The van der Waals surface area contributed by atoms with Crippen LogP contribution >= 0.6 is 11.6 Å². The summed E-state index contributed by atoms with van der Waals surface area (Å²) >= 11 is 5.89. The molecule has 0 saturated carbocycles. The molecular formula is C21H25ClN4O4. The summed E-state index contributed by atoms with van der Waals surface area (Å²) in [5.74, 6) is -0.400. The van der Waals surface area contributed by atoms with Crippen LogP contribution in [0.25, 0.3) is 0 Å². The van der Waals surface area contributed by atoms with Crippen molar-refractivity contribution in [2.45, 2.75) is 19.8 Å². The fourth-order valence-electron chi connectivity index (χ4n) is 3.52. The first kappa shape index (κ1) is 22.0. The molecule has 3 rings (SSSR count). The number of benzene rings is 1. The van der Waals surface area contributed by atoms with Crippen molar-refractivity contribution in [3.8, 4) is 0 Å². The molecule has 2 aromatic rings. The smallest absolute Gasteiger partial charge is 0.343 e. The molecule has 0 unspecified atom stereocenters. The monoisotopic (exact) mass is 432 g/mol. The first-order chi connectivity index (χ1) is 14.4. The number of aryl methyl sites for hydroxylation is 1. The van der Waals surface area contributed by atoms with Crippen LogP contribution in [0.3, 0.4) is 0 Å².